The van der Waals surface area contributed by atoms with E-state index in [2.05, 4.69) is 10.6 Å². The van der Waals surface area contributed by atoms with E-state index in [9.17, 15) is 9.59 Å². The van der Waals surface area contributed by atoms with Crippen LogP contribution < -0.4 is 10.6 Å². The zero-order chi connectivity index (χ0) is 13.6. The molecule has 6 heteroatoms. The highest BCUT2D eigenvalue weighted by Gasteiger charge is 2.41. The summed E-state index contributed by atoms with van der Waals surface area (Å²) in [5, 5.41) is 14.8. The number of hydrogen-bond donors (Lipinski definition) is 3. The van der Waals surface area contributed by atoms with Gasteiger partial charge in [-0.3, -0.25) is 4.79 Å². The van der Waals surface area contributed by atoms with Crippen molar-refractivity contribution in [1.29, 1.82) is 0 Å². The third kappa shape index (κ3) is 3.43. The second kappa shape index (κ2) is 6.70. The first-order chi connectivity index (χ1) is 8.55. The first kappa shape index (κ1) is 14.9. The fourth-order valence-corrected chi connectivity index (χ4v) is 2.39. The maximum absolute atomic E-state index is 12.3. The summed E-state index contributed by atoms with van der Waals surface area (Å²) in [6.45, 7) is 2.79. The molecule has 2 unspecified atom stereocenters. The number of carboxylic acids is 1. The fraction of sp³-hybridized carbons (Fsp3) is 0.833. The van der Waals surface area contributed by atoms with Crippen LogP contribution in [-0.2, 0) is 14.3 Å². The summed E-state index contributed by atoms with van der Waals surface area (Å²) in [7, 11) is 1.41. The monoisotopic (exact) mass is 258 g/mol. The SMILES string of the molecule is CCCC1(C(=O)NC(COC)C(=O)O)CCCN1. The zero-order valence-corrected chi connectivity index (χ0v) is 11.0. The molecule has 1 amide bonds. The Kier molecular flexibility index (Phi) is 5.55. The van der Waals surface area contributed by atoms with Crippen LogP contribution in [0.4, 0.5) is 0 Å². The molecule has 0 aromatic carbocycles. The lowest BCUT2D eigenvalue weighted by Gasteiger charge is -2.29. The average molecular weight is 258 g/mol. The minimum Gasteiger partial charge on any atom is -0.480 e. The highest BCUT2D eigenvalue weighted by atomic mass is 16.5. The van der Waals surface area contributed by atoms with Crippen molar-refractivity contribution in [2.75, 3.05) is 20.3 Å². The summed E-state index contributed by atoms with van der Waals surface area (Å²) in [6, 6.07) is -0.987. The molecular weight excluding hydrogens is 236 g/mol. The zero-order valence-electron chi connectivity index (χ0n) is 11.0. The van der Waals surface area contributed by atoms with Gasteiger partial charge >= 0.3 is 5.97 Å². The molecular formula is C12H22N2O4. The molecule has 0 aromatic heterocycles. The van der Waals surface area contributed by atoms with E-state index in [1.165, 1.54) is 7.11 Å². The van der Waals surface area contributed by atoms with Crippen LogP contribution in [0.5, 0.6) is 0 Å². The highest BCUT2D eigenvalue weighted by Crippen LogP contribution is 2.25. The van der Waals surface area contributed by atoms with Crippen LogP contribution in [0.1, 0.15) is 32.6 Å². The number of carbonyl (C=O) groups excluding carboxylic acids is 1. The van der Waals surface area contributed by atoms with E-state index < -0.39 is 17.6 Å². The van der Waals surface area contributed by atoms with Crippen molar-refractivity contribution in [1.82, 2.24) is 10.6 Å². The van der Waals surface area contributed by atoms with Gasteiger partial charge in [0.15, 0.2) is 6.04 Å². The molecule has 0 saturated carbocycles. The number of ether oxygens (including phenoxy) is 1. The molecule has 0 radical (unpaired) electrons. The number of aliphatic carboxylic acids is 1. The number of methoxy groups -OCH3 is 1. The summed E-state index contributed by atoms with van der Waals surface area (Å²) in [6.07, 6.45) is 3.29. The third-order valence-corrected chi connectivity index (χ3v) is 3.29. The van der Waals surface area contributed by atoms with E-state index in [1.807, 2.05) is 6.92 Å². The fourth-order valence-electron chi connectivity index (χ4n) is 2.39. The molecule has 3 N–H and O–H groups in total. The van der Waals surface area contributed by atoms with Crippen LogP contribution in [0.15, 0.2) is 0 Å². The second-order valence-electron chi connectivity index (χ2n) is 4.68. The van der Waals surface area contributed by atoms with Crippen molar-refractivity contribution >= 4 is 11.9 Å². The Morgan fingerprint density at radius 2 is 2.28 bits per heavy atom. The van der Waals surface area contributed by atoms with Gasteiger partial charge in [-0.15, -0.1) is 0 Å². The molecule has 1 rings (SSSR count). The topological polar surface area (TPSA) is 87.7 Å². The maximum Gasteiger partial charge on any atom is 0.328 e. The Morgan fingerprint density at radius 3 is 2.72 bits per heavy atom. The van der Waals surface area contributed by atoms with Gasteiger partial charge in [-0.1, -0.05) is 13.3 Å². The van der Waals surface area contributed by atoms with Crippen LogP contribution in [0.2, 0.25) is 0 Å². The standard InChI is InChI=1S/C12H22N2O4/c1-3-5-12(6-4-7-13-12)11(17)14-9(8-18-2)10(15)16/h9,13H,3-8H2,1-2H3,(H,14,17)(H,15,16). The Hall–Kier alpha value is -1.14. The van der Waals surface area contributed by atoms with Gasteiger partial charge in [-0.25, -0.2) is 4.79 Å². The first-order valence-electron chi connectivity index (χ1n) is 6.33. The molecule has 1 saturated heterocycles. The summed E-state index contributed by atoms with van der Waals surface area (Å²) in [5.74, 6) is -1.30. The Labute approximate surface area is 107 Å². The van der Waals surface area contributed by atoms with Gasteiger partial charge in [0.1, 0.15) is 0 Å². The number of nitrogens with one attached hydrogen (secondary N) is 2. The Bertz CT molecular complexity index is 300. The van der Waals surface area contributed by atoms with Crippen LogP contribution in [-0.4, -0.2) is 48.8 Å². The highest BCUT2D eigenvalue weighted by molar-refractivity contribution is 5.90. The van der Waals surface area contributed by atoms with Crippen LogP contribution in [0, 0.1) is 0 Å². The normalized spacial score (nSPS) is 24.8. The van der Waals surface area contributed by atoms with Gasteiger partial charge in [0, 0.05) is 7.11 Å². The van der Waals surface area contributed by atoms with Crippen molar-refractivity contribution in [2.45, 2.75) is 44.2 Å². The van der Waals surface area contributed by atoms with E-state index >= 15 is 0 Å². The van der Waals surface area contributed by atoms with E-state index in [0.717, 1.165) is 32.2 Å². The molecule has 1 aliphatic heterocycles. The maximum atomic E-state index is 12.3. The van der Waals surface area contributed by atoms with Crippen LogP contribution in [0.25, 0.3) is 0 Å². The van der Waals surface area contributed by atoms with Gasteiger partial charge < -0.3 is 20.5 Å². The van der Waals surface area contributed by atoms with E-state index in [4.69, 9.17) is 9.84 Å². The summed E-state index contributed by atoms with van der Waals surface area (Å²) in [4.78, 5) is 23.2. The third-order valence-electron chi connectivity index (χ3n) is 3.29. The number of rotatable bonds is 7. The molecule has 104 valence electrons. The number of amides is 1. The average Bonchev–Trinajstić information content (AvgIpc) is 2.78. The van der Waals surface area contributed by atoms with E-state index in [0.29, 0.717) is 0 Å². The predicted molar refractivity (Wildman–Crippen MR) is 66.3 cm³/mol. The second-order valence-corrected chi connectivity index (χ2v) is 4.68. The molecule has 0 spiro atoms. The Balaban J connectivity index is 2.68. The summed E-state index contributed by atoms with van der Waals surface area (Å²) < 4.78 is 4.81. The van der Waals surface area contributed by atoms with Crippen molar-refractivity contribution in [3.05, 3.63) is 0 Å². The van der Waals surface area contributed by atoms with Crippen molar-refractivity contribution in [3.63, 3.8) is 0 Å². The van der Waals surface area contributed by atoms with Crippen molar-refractivity contribution in [3.8, 4) is 0 Å². The number of carboxylic acid groups (broad SMARTS) is 1. The van der Waals surface area contributed by atoms with Crippen LogP contribution in [0.3, 0.4) is 0 Å². The smallest absolute Gasteiger partial charge is 0.328 e. The molecule has 2 atom stereocenters. The molecule has 0 aromatic rings. The predicted octanol–water partition coefficient (Wildman–Crippen LogP) is 0.125. The minimum atomic E-state index is -1.07. The van der Waals surface area contributed by atoms with E-state index in [1.54, 1.807) is 0 Å². The minimum absolute atomic E-state index is 0.0245. The van der Waals surface area contributed by atoms with Crippen molar-refractivity contribution in [2.24, 2.45) is 0 Å². The Morgan fingerprint density at radius 1 is 1.56 bits per heavy atom. The lowest BCUT2D eigenvalue weighted by molar-refractivity contribution is -0.144. The van der Waals surface area contributed by atoms with Crippen molar-refractivity contribution < 1.29 is 19.4 Å². The van der Waals surface area contributed by atoms with Gasteiger partial charge in [0.2, 0.25) is 5.91 Å². The molecule has 1 heterocycles. The van der Waals surface area contributed by atoms with Gasteiger partial charge in [0.25, 0.3) is 0 Å². The lowest BCUT2D eigenvalue weighted by atomic mass is 9.90. The first-order valence-corrected chi connectivity index (χ1v) is 6.33. The molecule has 1 aliphatic rings. The van der Waals surface area contributed by atoms with Crippen LogP contribution >= 0.6 is 0 Å². The summed E-state index contributed by atoms with van der Waals surface area (Å²) in [5.41, 5.74) is -0.601. The molecule has 18 heavy (non-hydrogen) atoms. The summed E-state index contributed by atoms with van der Waals surface area (Å²) >= 11 is 0. The largest absolute Gasteiger partial charge is 0.480 e. The van der Waals surface area contributed by atoms with Gasteiger partial charge in [-0.05, 0) is 25.8 Å². The molecule has 0 bridgehead atoms. The molecule has 0 aliphatic carbocycles. The van der Waals surface area contributed by atoms with E-state index in [-0.39, 0.29) is 12.5 Å². The van der Waals surface area contributed by atoms with Gasteiger partial charge in [0.05, 0.1) is 12.1 Å². The lowest BCUT2D eigenvalue weighted by Crippen LogP contribution is -2.57. The molecule has 6 nitrogen and oxygen atoms in total. The molecule has 1 fully saturated rings. The number of hydrogen-bond acceptors (Lipinski definition) is 4. The number of carbonyl (C=O) groups is 2. The quantitative estimate of drug-likeness (QED) is 0.604. The van der Waals surface area contributed by atoms with Gasteiger partial charge in [-0.2, -0.15) is 0 Å².